The molecule has 1 heterocycles. The first-order chi connectivity index (χ1) is 12.2. The Balaban J connectivity index is 1.76. The molecule has 1 atom stereocenters. The molecule has 5 nitrogen and oxygen atoms in total. The number of hydrogen-bond acceptors (Lipinski definition) is 5. The van der Waals surface area contributed by atoms with E-state index in [9.17, 15) is 22.8 Å². The molecular weight excluding hydrogens is 369 g/mol. The van der Waals surface area contributed by atoms with E-state index in [0.717, 1.165) is 17.0 Å². The maximum atomic E-state index is 12.6. The van der Waals surface area contributed by atoms with E-state index >= 15 is 0 Å². The molecule has 1 fully saturated rings. The van der Waals surface area contributed by atoms with Crippen molar-refractivity contribution in [2.75, 3.05) is 10.6 Å². The average Bonchev–Trinajstić information content (AvgIpc) is 2.83. The number of amides is 2. The number of ether oxygens (including phenoxy) is 1. The first-order valence-corrected chi connectivity index (χ1v) is 8.36. The Morgan fingerprint density at radius 2 is 1.73 bits per heavy atom. The molecule has 1 aliphatic heterocycles. The summed E-state index contributed by atoms with van der Waals surface area (Å²) in [5.74, 6) is -1.29. The summed E-state index contributed by atoms with van der Waals surface area (Å²) >= 11 is 1.19. The molecule has 1 saturated heterocycles. The van der Waals surface area contributed by atoms with E-state index in [1.54, 1.807) is 24.3 Å². The van der Waals surface area contributed by atoms with Gasteiger partial charge in [-0.1, -0.05) is 12.1 Å². The zero-order chi connectivity index (χ0) is 18.9. The SMILES string of the molecule is Nc1ccccc1S[C@@H]1CC(=O)N(c2ccc(OC(F)(F)F)cc2)C1=O. The summed E-state index contributed by atoms with van der Waals surface area (Å²) in [6.45, 7) is 0. The van der Waals surface area contributed by atoms with Crippen LogP contribution in [-0.4, -0.2) is 23.4 Å². The van der Waals surface area contributed by atoms with Crippen molar-refractivity contribution >= 4 is 35.0 Å². The molecule has 2 aromatic rings. The van der Waals surface area contributed by atoms with E-state index in [1.807, 2.05) is 0 Å². The number of rotatable bonds is 4. The predicted molar refractivity (Wildman–Crippen MR) is 90.7 cm³/mol. The minimum absolute atomic E-state index is 0.0152. The number of alkyl halides is 3. The van der Waals surface area contributed by atoms with Gasteiger partial charge in [0.2, 0.25) is 11.8 Å². The second-order valence-electron chi connectivity index (χ2n) is 5.46. The third kappa shape index (κ3) is 3.93. The van der Waals surface area contributed by atoms with Gasteiger partial charge in [0.15, 0.2) is 0 Å². The molecule has 2 N–H and O–H groups in total. The van der Waals surface area contributed by atoms with Crippen LogP contribution in [0.5, 0.6) is 5.75 Å². The number of nitrogen functional groups attached to an aromatic ring is 1. The number of benzene rings is 2. The number of anilines is 2. The van der Waals surface area contributed by atoms with Gasteiger partial charge in [-0.15, -0.1) is 24.9 Å². The molecule has 3 rings (SSSR count). The summed E-state index contributed by atoms with van der Waals surface area (Å²) in [6.07, 6.45) is -4.82. The number of imide groups is 1. The molecule has 0 radical (unpaired) electrons. The third-order valence-corrected chi connectivity index (χ3v) is 4.90. The maximum absolute atomic E-state index is 12.6. The molecular formula is C17H13F3N2O3S. The Kier molecular flexibility index (Phi) is 4.82. The lowest BCUT2D eigenvalue weighted by Crippen LogP contribution is -2.31. The van der Waals surface area contributed by atoms with Crippen LogP contribution in [-0.2, 0) is 9.59 Å². The van der Waals surface area contributed by atoms with Gasteiger partial charge in [0.05, 0.1) is 10.9 Å². The number of nitrogens with two attached hydrogens (primary N) is 1. The van der Waals surface area contributed by atoms with Crippen LogP contribution in [0, 0.1) is 0 Å². The number of hydrogen-bond donors (Lipinski definition) is 1. The molecule has 136 valence electrons. The summed E-state index contributed by atoms with van der Waals surface area (Å²) < 4.78 is 40.4. The molecule has 0 unspecified atom stereocenters. The second-order valence-corrected chi connectivity index (χ2v) is 6.70. The van der Waals surface area contributed by atoms with Crippen LogP contribution in [0.25, 0.3) is 0 Å². The largest absolute Gasteiger partial charge is 0.573 e. The van der Waals surface area contributed by atoms with E-state index in [2.05, 4.69) is 4.74 Å². The zero-order valence-corrected chi connectivity index (χ0v) is 14.0. The first kappa shape index (κ1) is 18.1. The monoisotopic (exact) mass is 382 g/mol. The van der Waals surface area contributed by atoms with Crippen molar-refractivity contribution in [2.45, 2.75) is 22.9 Å². The predicted octanol–water partition coefficient (Wildman–Crippen LogP) is 3.59. The summed E-state index contributed by atoms with van der Waals surface area (Å²) in [6, 6.07) is 11.6. The Bertz CT molecular complexity index is 840. The highest BCUT2D eigenvalue weighted by molar-refractivity contribution is 8.00. The molecule has 0 aliphatic carbocycles. The second kappa shape index (κ2) is 6.91. The van der Waals surface area contributed by atoms with Crippen LogP contribution in [0.15, 0.2) is 53.4 Å². The Morgan fingerprint density at radius 1 is 1.08 bits per heavy atom. The fourth-order valence-corrected chi connectivity index (χ4v) is 3.61. The molecule has 2 amide bonds. The fraction of sp³-hybridized carbons (Fsp3) is 0.176. The van der Waals surface area contributed by atoms with Crippen LogP contribution >= 0.6 is 11.8 Å². The molecule has 1 aliphatic rings. The normalized spacial score (nSPS) is 17.7. The number of nitrogens with zero attached hydrogens (tertiary/aromatic N) is 1. The van der Waals surface area contributed by atoms with Crippen LogP contribution in [0.3, 0.4) is 0 Å². The third-order valence-electron chi connectivity index (χ3n) is 3.62. The van der Waals surface area contributed by atoms with Crippen molar-refractivity contribution in [3.63, 3.8) is 0 Å². The lowest BCUT2D eigenvalue weighted by molar-refractivity contribution is -0.274. The van der Waals surface area contributed by atoms with E-state index in [0.29, 0.717) is 10.6 Å². The Hall–Kier alpha value is -2.68. The number of carbonyl (C=O) groups excluding carboxylic acids is 2. The van der Waals surface area contributed by atoms with Gasteiger partial charge in [-0.3, -0.25) is 9.59 Å². The van der Waals surface area contributed by atoms with Crippen LogP contribution in [0.2, 0.25) is 0 Å². The van der Waals surface area contributed by atoms with Gasteiger partial charge in [-0.2, -0.15) is 0 Å². The smallest absolute Gasteiger partial charge is 0.406 e. The quantitative estimate of drug-likeness (QED) is 0.646. The van der Waals surface area contributed by atoms with Crippen molar-refractivity contribution < 1.29 is 27.5 Å². The molecule has 0 spiro atoms. The van der Waals surface area contributed by atoms with E-state index in [-0.39, 0.29) is 12.1 Å². The van der Waals surface area contributed by atoms with Crippen LogP contribution in [0.1, 0.15) is 6.42 Å². The molecule has 0 saturated carbocycles. The van der Waals surface area contributed by atoms with Crippen LogP contribution in [0.4, 0.5) is 24.5 Å². The minimum atomic E-state index is -4.81. The highest BCUT2D eigenvalue weighted by Gasteiger charge is 2.40. The molecule has 0 bridgehead atoms. The van der Waals surface area contributed by atoms with E-state index in [1.165, 1.54) is 23.9 Å². The average molecular weight is 382 g/mol. The topological polar surface area (TPSA) is 72.6 Å². The van der Waals surface area contributed by atoms with Gasteiger partial charge in [0.1, 0.15) is 5.75 Å². The van der Waals surface area contributed by atoms with E-state index < -0.39 is 29.2 Å². The Labute approximate surface area is 150 Å². The van der Waals surface area contributed by atoms with Crippen molar-refractivity contribution in [3.8, 4) is 5.75 Å². The standard InChI is InChI=1S/C17H13F3N2O3S/c18-17(19,20)25-11-7-5-10(6-8-11)22-15(23)9-14(16(22)24)26-13-4-2-1-3-12(13)21/h1-8,14H,9,21H2/t14-/m1/s1. The zero-order valence-electron chi connectivity index (χ0n) is 13.2. The van der Waals surface area contributed by atoms with Gasteiger partial charge < -0.3 is 10.5 Å². The van der Waals surface area contributed by atoms with E-state index in [4.69, 9.17) is 5.73 Å². The first-order valence-electron chi connectivity index (χ1n) is 7.48. The van der Waals surface area contributed by atoms with Gasteiger partial charge >= 0.3 is 6.36 Å². The van der Waals surface area contributed by atoms with Crippen molar-refractivity contribution in [1.29, 1.82) is 0 Å². The number of para-hydroxylation sites is 1. The summed E-state index contributed by atoms with van der Waals surface area (Å²) in [4.78, 5) is 26.5. The molecule has 9 heteroatoms. The lowest BCUT2D eigenvalue weighted by atomic mass is 10.3. The van der Waals surface area contributed by atoms with Gasteiger partial charge in [0.25, 0.3) is 0 Å². The molecule has 2 aromatic carbocycles. The van der Waals surface area contributed by atoms with Gasteiger partial charge in [0, 0.05) is 17.0 Å². The van der Waals surface area contributed by atoms with Crippen molar-refractivity contribution in [2.24, 2.45) is 0 Å². The van der Waals surface area contributed by atoms with Gasteiger partial charge in [-0.25, -0.2) is 4.90 Å². The van der Waals surface area contributed by atoms with Gasteiger partial charge in [-0.05, 0) is 36.4 Å². The highest BCUT2D eigenvalue weighted by atomic mass is 32.2. The highest BCUT2D eigenvalue weighted by Crippen LogP contribution is 2.36. The Morgan fingerprint density at radius 3 is 2.35 bits per heavy atom. The molecule has 26 heavy (non-hydrogen) atoms. The maximum Gasteiger partial charge on any atom is 0.573 e. The molecule has 0 aromatic heterocycles. The lowest BCUT2D eigenvalue weighted by Gasteiger charge is -2.16. The summed E-state index contributed by atoms with van der Waals surface area (Å²) in [7, 11) is 0. The fourth-order valence-electron chi connectivity index (χ4n) is 2.51. The van der Waals surface area contributed by atoms with Crippen LogP contribution < -0.4 is 15.4 Å². The summed E-state index contributed by atoms with van der Waals surface area (Å²) in [5, 5.41) is -0.640. The van der Waals surface area contributed by atoms with Crippen molar-refractivity contribution in [1.82, 2.24) is 0 Å². The number of carbonyl (C=O) groups is 2. The minimum Gasteiger partial charge on any atom is -0.406 e. The van der Waals surface area contributed by atoms with Crippen molar-refractivity contribution in [3.05, 3.63) is 48.5 Å². The number of halogens is 3. The number of thioether (sulfide) groups is 1. The summed E-state index contributed by atoms with van der Waals surface area (Å²) in [5.41, 5.74) is 6.55.